The molecule has 0 atom stereocenters. The Hall–Kier alpha value is -2.58. The second-order valence-corrected chi connectivity index (χ2v) is 5.71. The van der Waals surface area contributed by atoms with Crippen LogP contribution in [-0.4, -0.2) is 11.7 Å². The lowest BCUT2D eigenvalue weighted by atomic mass is 10.00. The lowest BCUT2D eigenvalue weighted by Crippen LogP contribution is -2.14. The van der Waals surface area contributed by atoms with Gasteiger partial charge in [0.15, 0.2) is 0 Å². The van der Waals surface area contributed by atoms with E-state index in [4.69, 9.17) is 0 Å². The van der Waals surface area contributed by atoms with Crippen molar-refractivity contribution >= 4 is 16.8 Å². The van der Waals surface area contributed by atoms with Gasteiger partial charge < -0.3 is 10.4 Å². The van der Waals surface area contributed by atoms with Crippen molar-refractivity contribution in [2.24, 2.45) is 0 Å². The van der Waals surface area contributed by atoms with E-state index in [0.29, 0.717) is 5.75 Å². The third-order valence-electron chi connectivity index (χ3n) is 4.04. The van der Waals surface area contributed by atoms with Crippen LogP contribution in [0.5, 0.6) is 5.75 Å². The first-order chi connectivity index (χ1) is 11.2. The van der Waals surface area contributed by atoms with Gasteiger partial charge in [-0.3, -0.25) is 0 Å². The summed E-state index contributed by atoms with van der Waals surface area (Å²) in [5.74, 6) is 0.298. The van der Waals surface area contributed by atoms with Gasteiger partial charge in [0, 0.05) is 13.1 Å². The van der Waals surface area contributed by atoms with E-state index in [1.807, 2.05) is 12.1 Å². The summed E-state index contributed by atoms with van der Waals surface area (Å²) in [6.07, 6.45) is 4.16. The minimum atomic E-state index is 0.298. The Morgan fingerprint density at radius 3 is 2.57 bits per heavy atom. The van der Waals surface area contributed by atoms with Crippen LogP contribution in [0.4, 0.5) is 0 Å². The predicted octanol–water partition coefficient (Wildman–Crippen LogP) is 4.66. The molecule has 0 aliphatic rings. The van der Waals surface area contributed by atoms with Gasteiger partial charge in [-0.1, -0.05) is 60.7 Å². The van der Waals surface area contributed by atoms with Gasteiger partial charge in [0.1, 0.15) is 5.75 Å². The van der Waals surface area contributed by atoms with Gasteiger partial charge in [-0.2, -0.15) is 0 Å². The number of benzene rings is 3. The summed E-state index contributed by atoms with van der Waals surface area (Å²) in [7, 11) is 0. The molecular weight excluding hydrogens is 282 g/mol. The molecule has 0 saturated heterocycles. The molecule has 0 aliphatic heterocycles. The summed E-state index contributed by atoms with van der Waals surface area (Å²) in [5.41, 5.74) is 3.77. The number of hydrogen-bond acceptors (Lipinski definition) is 2. The van der Waals surface area contributed by atoms with E-state index in [0.717, 1.165) is 18.7 Å². The zero-order valence-electron chi connectivity index (χ0n) is 13.3. The van der Waals surface area contributed by atoms with Crippen molar-refractivity contribution in [1.82, 2.24) is 5.32 Å². The van der Waals surface area contributed by atoms with Crippen LogP contribution in [-0.2, 0) is 6.54 Å². The maximum absolute atomic E-state index is 9.27. The van der Waals surface area contributed by atoms with Crippen molar-refractivity contribution in [3.05, 3.63) is 83.4 Å². The number of aromatic hydroxyl groups is 1. The summed E-state index contributed by atoms with van der Waals surface area (Å²) >= 11 is 0. The minimum absolute atomic E-state index is 0.298. The number of rotatable bonds is 5. The zero-order chi connectivity index (χ0) is 16.1. The van der Waals surface area contributed by atoms with Crippen molar-refractivity contribution in [3.8, 4) is 5.75 Å². The topological polar surface area (TPSA) is 32.3 Å². The van der Waals surface area contributed by atoms with Gasteiger partial charge in [0.05, 0.1) is 0 Å². The number of phenols is 1. The van der Waals surface area contributed by atoms with Crippen molar-refractivity contribution in [3.63, 3.8) is 0 Å². The van der Waals surface area contributed by atoms with E-state index in [-0.39, 0.29) is 0 Å². The average molecular weight is 303 g/mol. The van der Waals surface area contributed by atoms with E-state index in [2.05, 4.69) is 60.8 Å². The van der Waals surface area contributed by atoms with Gasteiger partial charge in [0.25, 0.3) is 0 Å². The molecule has 3 aromatic rings. The lowest BCUT2D eigenvalue weighted by molar-refractivity contribution is 0.475. The molecular formula is C21H21NO. The maximum Gasteiger partial charge on any atom is 0.115 e. The fourth-order valence-electron chi connectivity index (χ4n) is 2.74. The molecule has 0 unspecified atom stereocenters. The molecule has 0 bridgehead atoms. The van der Waals surface area contributed by atoms with Gasteiger partial charge in [-0.25, -0.2) is 0 Å². The molecule has 0 aromatic heterocycles. The highest BCUT2D eigenvalue weighted by Gasteiger charge is 2.03. The molecule has 2 nitrogen and oxygen atoms in total. The van der Waals surface area contributed by atoms with Gasteiger partial charge in [-0.05, 0) is 46.5 Å². The lowest BCUT2D eigenvalue weighted by Gasteiger charge is -2.10. The Kier molecular flexibility index (Phi) is 4.74. The van der Waals surface area contributed by atoms with Crippen LogP contribution in [0.25, 0.3) is 16.8 Å². The number of phenolic OH excluding ortho intramolecular Hbond substituents is 1. The van der Waals surface area contributed by atoms with Crippen molar-refractivity contribution in [2.75, 3.05) is 6.54 Å². The molecule has 0 radical (unpaired) electrons. The highest BCUT2D eigenvalue weighted by Crippen LogP contribution is 2.21. The van der Waals surface area contributed by atoms with Crippen LogP contribution in [0, 0.1) is 6.92 Å². The molecule has 3 aromatic carbocycles. The van der Waals surface area contributed by atoms with Gasteiger partial charge in [0.2, 0.25) is 0 Å². The van der Waals surface area contributed by atoms with Crippen molar-refractivity contribution < 1.29 is 5.11 Å². The standard InChI is InChI=1S/C21H21NO/c1-16-8-11-18-6-2-3-7-20(18)21(16)15-22-14-4-5-17-9-12-19(23)13-10-17/h2-13,22-23H,14-15H2,1H3/b5-4+. The van der Waals surface area contributed by atoms with Crippen LogP contribution in [0.3, 0.4) is 0 Å². The Morgan fingerprint density at radius 1 is 0.957 bits per heavy atom. The van der Waals surface area contributed by atoms with Crippen LogP contribution in [0.15, 0.2) is 66.7 Å². The first-order valence-electron chi connectivity index (χ1n) is 7.87. The smallest absolute Gasteiger partial charge is 0.115 e. The molecule has 2 heteroatoms. The summed E-state index contributed by atoms with van der Waals surface area (Å²) in [6, 6.07) is 20.1. The molecule has 2 N–H and O–H groups in total. The van der Waals surface area contributed by atoms with Crippen LogP contribution < -0.4 is 5.32 Å². The molecule has 0 spiro atoms. The highest BCUT2D eigenvalue weighted by molar-refractivity contribution is 5.86. The minimum Gasteiger partial charge on any atom is -0.508 e. The molecule has 3 rings (SSSR count). The Labute approximate surface area is 137 Å². The molecule has 0 heterocycles. The second kappa shape index (κ2) is 7.12. The Morgan fingerprint density at radius 2 is 1.74 bits per heavy atom. The Balaban J connectivity index is 1.63. The van der Waals surface area contributed by atoms with Gasteiger partial charge in [-0.15, -0.1) is 0 Å². The van der Waals surface area contributed by atoms with E-state index in [1.54, 1.807) is 12.1 Å². The molecule has 0 saturated carbocycles. The number of hydrogen-bond donors (Lipinski definition) is 2. The molecule has 0 aliphatic carbocycles. The predicted molar refractivity (Wildman–Crippen MR) is 97.5 cm³/mol. The second-order valence-electron chi connectivity index (χ2n) is 5.71. The largest absolute Gasteiger partial charge is 0.508 e. The summed E-state index contributed by atoms with van der Waals surface area (Å²) in [4.78, 5) is 0. The van der Waals surface area contributed by atoms with E-state index in [9.17, 15) is 5.11 Å². The molecule has 116 valence electrons. The first-order valence-corrected chi connectivity index (χ1v) is 7.87. The molecule has 0 amide bonds. The van der Waals surface area contributed by atoms with Crippen LogP contribution in [0.2, 0.25) is 0 Å². The SMILES string of the molecule is Cc1ccc2ccccc2c1CNC/C=C/c1ccc(O)cc1. The molecule has 0 fully saturated rings. The van der Waals surface area contributed by atoms with Crippen LogP contribution >= 0.6 is 0 Å². The van der Waals surface area contributed by atoms with Crippen molar-refractivity contribution in [2.45, 2.75) is 13.5 Å². The van der Waals surface area contributed by atoms with E-state index < -0.39 is 0 Å². The normalized spacial score (nSPS) is 11.3. The number of nitrogens with one attached hydrogen (secondary N) is 1. The van der Waals surface area contributed by atoms with E-state index >= 15 is 0 Å². The number of fused-ring (bicyclic) bond motifs is 1. The third kappa shape index (κ3) is 3.79. The quantitative estimate of drug-likeness (QED) is 0.672. The van der Waals surface area contributed by atoms with Gasteiger partial charge >= 0.3 is 0 Å². The van der Waals surface area contributed by atoms with Crippen molar-refractivity contribution in [1.29, 1.82) is 0 Å². The summed E-state index contributed by atoms with van der Waals surface area (Å²) in [6.45, 7) is 3.83. The number of aryl methyl sites for hydroxylation is 1. The first kappa shape index (κ1) is 15.3. The summed E-state index contributed by atoms with van der Waals surface area (Å²) in [5, 5.41) is 15.4. The molecule has 23 heavy (non-hydrogen) atoms. The summed E-state index contributed by atoms with van der Waals surface area (Å²) < 4.78 is 0. The average Bonchev–Trinajstić information content (AvgIpc) is 2.58. The Bertz CT molecular complexity index is 819. The fourth-order valence-corrected chi connectivity index (χ4v) is 2.74. The fraction of sp³-hybridized carbons (Fsp3) is 0.143. The van der Waals surface area contributed by atoms with E-state index in [1.165, 1.54) is 21.9 Å². The third-order valence-corrected chi connectivity index (χ3v) is 4.04. The highest BCUT2D eigenvalue weighted by atomic mass is 16.3. The monoisotopic (exact) mass is 303 g/mol. The zero-order valence-corrected chi connectivity index (χ0v) is 13.3. The van der Waals surface area contributed by atoms with Crippen LogP contribution in [0.1, 0.15) is 16.7 Å². The maximum atomic E-state index is 9.27.